The standard InChI is InChI=1S/C19H20OS/c1-13(2)11-14-7-9-15(10-8-14)19(20)18-12-16-5-3-4-6-17(16)21-18/h3-10,12-13,19-20H,11H2,1-2H3. The van der Waals surface area contributed by atoms with E-state index in [1.807, 2.05) is 24.3 Å². The molecule has 21 heavy (non-hydrogen) atoms. The van der Waals surface area contributed by atoms with Crippen molar-refractivity contribution in [3.63, 3.8) is 0 Å². The molecular formula is C19H20OS. The van der Waals surface area contributed by atoms with Gasteiger partial charge in [-0.25, -0.2) is 0 Å². The topological polar surface area (TPSA) is 20.2 Å². The van der Waals surface area contributed by atoms with E-state index in [4.69, 9.17) is 0 Å². The molecule has 1 atom stereocenters. The second-order valence-electron chi connectivity index (χ2n) is 5.93. The van der Waals surface area contributed by atoms with Gasteiger partial charge in [-0.1, -0.05) is 56.3 Å². The van der Waals surface area contributed by atoms with Crippen LogP contribution >= 0.6 is 11.3 Å². The molecule has 0 radical (unpaired) electrons. The minimum Gasteiger partial charge on any atom is -0.383 e. The van der Waals surface area contributed by atoms with Gasteiger partial charge < -0.3 is 5.11 Å². The molecule has 0 spiro atoms. The SMILES string of the molecule is CC(C)Cc1ccc(C(O)c2cc3ccccc3s2)cc1. The second-order valence-corrected chi connectivity index (χ2v) is 7.04. The Morgan fingerprint density at radius 1 is 1.00 bits per heavy atom. The summed E-state index contributed by atoms with van der Waals surface area (Å²) in [7, 11) is 0. The third-order valence-corrected chi connectivity index (χ3v) is 4.82. The lowest BCUT2D eigenvalue weighted by Crippen LogP contribution is -1.98. The third kappa shape index (κ3) is 3.17. The molecule has 0 aliphatic heterocycles. The van der Waals surface area contributed by atoms with Crippen LogP contribution in [-0.2, 0) is 6.42 Å². The maximum absolute atomic E-state index is 10.6. The van der Waals surface area contributed by atoms with Gasteiger partial charge in [-0.2, -0.15) is 0 Å². The van der Waals surface area contributed by atoms with Gasteiger partial charge in [-0.3, -0.25) is 0 Å². The first-order valence-electron chi connectivity index (χ1n) is 7.39. The summed E-state index contributed by atoms with van der Waals surface area (Å²) < 4.78 is 1.22. The number of hydrogen-bond donors (Lipinski definition) is 1. The van der Waals surface area contributed by atoms with Crippen LogP contribution in [0.25, 0.3) is 10.1 Å². The first kappa shape index (κ1) is 14.3. The molecule has 0 amide bonds. The van der Waals surface area contributed by atoms with Gasteiger partial charge in [0.15, 0.2) is 0 Å². The summed E-state index contributed by atoms with van der Waals surface area (Å²) in [5.74, 6) is 0.656. The molecule has 0 aliphatic carbocycles. The Labute approximate surface area is 129 Å². The highest BCUT2D eigenvalue weighted by Gasteiger charge is 2.13. The zero-order valence-electron chi connectivity index (χ0n) is 12.4. The quantitative estimate of drug-likeness (QED) is 0.703. The number of benzene rings is 2. The van der Waals surface area contributed by atoms with Crippen molar-refractivity contribution in [3.05, 3.63) is 70.6 Å². The van der Waals surface area contributed by atoms with Gasteiger partial charge in [0, 0.05) is 9.58 Å². The molecular weight excluding hydrogens is 276 g/mol. The lowest BCUT2D eigenvalue weighted by molar-refractivity contribution is 0.224. The van der Waals surface area contributed by atoms with Crippen LogP contribution in [0, 0.1) is 5.92 Å². The summed E-state index contributed by atoms with van der Waals surface area (Å²) in [5, 5.41) is 11.8. The number of aliphatic hydroxyl groups is 1. The van der Waals surface area contributed by atoms with Gasteiger partial charge in [0.25, 0.3) is 0 Å². The van der Waals surface area contributed by atoms with E-state index in [2.05, 4.69) is 44.2 Å². The largest absolute Gasteiger partial charge is 0.383 e. The molecule has 1 unspecified atom stereocenters. The van der Waals surface area contributed by atoms with Gasteiger partial charge in [0.2, 0.25) is 0 Å². The number of fused-ring (bicyclic) bond motifs is 1. The Morgan fingerprint density at radius 2 is 1.71 bits per heavy atom. The number of rotatable bonds is 4. The van der Waals surface area contributed by atoms with Crippen LogP contribution in [-0.4, -0.2) is 5.11 Å². The normalized spacial score (nSPS) is 13.0. The van der Waals surface area contributed by atoms with Crippen LogP contribution in [0.1, 0.15) is 36.0 Å². The zero-order chi connectivity index (χ0) is 14.8. The van der Waals surface area contributed by atoms with Gasteiger partial charge in [0.1, 0.15) is 6.10 Å². The van der Waals surface area contributed by atoms with Crippen molar-refractivity contribution in [2.75, 3.05) is 0 Å². The molecule has 1 N–H and O–H groups in total. The van der Waals surface area contributed by atoms with Crippen molar-refractivity contribution < 1.29 is 5.11 Å². The monoisotopic (exact) mass is 296 g/mol. The third-order valence-electron chi connectivity index (χ3n) is 3.65. The van der Waals surface area contributed by atoms with Crippen LogP contribution in [0.15, 0.2) is 54.6 Å². The number of hydrogen-bond acceptors (Lipinski definition) is 2. The van der Waals surface area contributed by atoms with Crippen LogP contribution in [0.2, 0.25) is 0 Å². The highest BCUT2D eigenvalue weighted by atomic mass is 32.1. The molecule has 3 rings (SSSR count). The molecule has 0 saturated heterocycles. The number of aliphatic hydroxyl groups excluding tert-OH is 1. The summed E-state index contributed by atoms with van der Waals surface area (Å²) >= 11 is 1.67. The Hall–Kier alpha value is -1.64. The molecule has 0 bridgehead atoms. The summed E-state index contributed by atoms with van der Waals surface area (Å²) in [6, 6.07) is 18.7. The Bertz CT molecular complexity index is 692. The summed E-state index contributed by atoms with van der Waals surface area (Å²) in [4.78, 5) is 1.01. The molecule has 2 aromatic carbocycles. The lowest BCUT2D eigenvalue weighted by atomic mass is 10.00. The van der Waals surface area contributed by atoms with Gasteiger partial charge in [-0.15, -0.1) is 11.3 Å². The van der Waals surface area contributed by atoms with E-state index >= 15 is 0 Å². The average molecular weight is 296 g/mol. The van der Waals surface area contributed by atoms with Crippen molar-refractivity contribution in [1.82, 2.24) is 0 Å². The first-order valence-corrected chi connectivity index (χ1v) is 8.20. The van der Waals surface area contributed by atoms with Crippen molar-refractivity contribution in [2.45, 2.75) is 26.4 Å². The predicted octanol–water partition coefficient (Wildman–Crippen LogP) is 5.18. The molecule has 108 valence electrons. The molecule has 0 fully saturated rings. The molecule has 1 nitrogen and oxygen atoms in total. The van der Waals surface area contributed by atoms with Crippen molar-refractivity contribution in [2.24, 2.45) is 5.92 Å². The molecule has 0 saturated carbocycles. The van der Waals surface area contributed by atoms with Gasteiger partial charge in [0.05, 0.1) is 0 Å². The van der Waals surface area contributed by atoms with Crippen LogP contribution < -0.4 is 0 Å². The molecule has 1 heterocycles. The fraction of sp³-hybridized carbons (Fsp3) is 0.263. The van der Waals surface area contributed by atoms with E-state index in [-0.39, 0.29) is 0 Å². The zero-order valence-corrected chi connectivity index (χ0v) is 13.2. The first-order chi connectivity index (χ1) is 10.1. The summed E-state index contributed by atoms with van der Waals surface area (Å²) in [6.07, 6.45) is 0.551. The van der Waals surface area contributed by atoms with E-state index in [1.165, 1.54) is 15.6 Å². The predicted molar refractivity (Wildman–Crippen MR) is 90.9 cm³/mol. The van der Waals surface area contributed by atoms with Crippen molar-refractivity contribution in [3.8, 4) is 0 Å². The van der Waals surface area contributed by atoms with E-state index in [1.54, 1.807) is 11.3 Å². The summed E-state index contributed by atoms with van der Waals surface area (Å²) in [5.41, 5.74) is 2.30. The van der Waals surface area contributed by atoms with Gasteiger partial charge >= 0.3 is 0 Å². The minimum atomic E-state index is -0.532. The van der Waals surface area contributed by atoms with E-state index in [0.29, 0.717) is 5.92 Å². The lowest BCUT2D eigenvalue weighted by Gasteiger charge is -2.10. The average Bonchev–Trinajstić information content (AvgIpc) is 2.90. The van der Waals surface area contributed by atoms with Crippen LogP contribution in [0.4, 0.5) is 0 Å². The highest BCUT2D eigenvalue weighted by molar-refractivity contribution is 7.19. The van der Waals surface area contributed by atoms with E-state index in [9.17, 15) is 5.11 Å². The Kier molecular flexibility index (Phi) is 4.09. The molecule has 1 aromatic heterocycles. The number of thiophene rings is 1. The maximum atomic E-state index is 10.6. The second kappa shape index (κ2) is 6.00. The van der Waals surface area contributed by atoms with E-state index in [0.717, 1.165) is 16.9 Å². The minimum absolute atomic E-state index is 0.532. The fourth-order valence-electron chi connectivity index (χ4n) is 2.61. The smallest absolute Gasteiger partial charge is 0.113 e. The molecule has 3 aromatic rings. The maximum Gasteiger partial charge on any atom is 0.113 e. The molecule has 2 heteroatoms. The van der Waals surface area contributed by atoms with Crippen molar-refractivity contribution >= 4 is 21.4 Å². The Morgan fingerprint density at radius 3 is 2.38 bits per heavy atom. The van der Waals surface area contributed by atoms with Crippen LogP contribution in [0.5, 0.6) is 0 Å². The Balaban J connectivity index is 1.85. The van der Waals surface area contributed by atoms with Crippen LogP contribution in [0.3, 0.4) is 0 Å². The summed E-state index contributed by atoms with van der Waals surface area (Å²) in [6.45, 7) is 4.44. The fourth-order valence-corrected chi connectivity index (χ4v) is 3.69. The molecule has 0 aliphatic rings. The van der Waals surface area contributed by atoms with Gasteiger partial charge in [-0.05, 0) is 41.0 Å². The highest BCUT2D eigenvalue weighted by Crippen LogP contribution is 2.33. The van der Waals surface area contributed by atoms with E-state index < -0.39 is 6.10 Å². The van der Waals surface area contributed by atoms with Crippen molar-refractivity contribution in [1.29, 1.82) is 0 Å².